The van der Waals surface area contributed by atoms with E-state index in [-0.39, 0.29) is 17.3 Å². The van der Waals surface area contributed by atoms with Crippen molar-refractivity contribution in [2.24, 2.45) is 17.3 Å². The third-order valence-electron chi connectivity index (χ3n) is 3.60. The number of rotatable bonds is 9. The van der Waals surface area contributed by atoms with Crippen LogP contribution in [0.25, 0.3) is 0 Å². The van der Waals surface area contributed by atoms with Gasteiger partial charge in [-0.3, -0.25) is 4.79 Å². The van der Waals surface area contributed by atoms with E-state index in [1.807, 2.05) is 0 Å². The maximum absolute atomic E-state index is 12.1. The van der Waals surface area contributed by atoms with Gasteiger partial charge in [0.05, 0.1) is 12.5 Å². The second-order valence-electron chi connectivity index (χ2n) is 7.02. The minimum absolute atomic E-state index is 0.00686. The van der Waals surface area contributed by atoms with Crippen molar-refractivity contribution in [1.29, 1.82) is 0 Å². The second-order valence-corrected chi connectivity index (χ2v) is 7.02. The van der Waals surface area contributed by atoms with E-state index in [9.17, 15) is 4.79 Å². The Hall–Kier alpha value is -0.530. The average Bonchev–Trinajstić information content (AvgIpc) is 2.25. The van der Waals surface area contributed by atoms with Crippen molar-refractivity contribution in [3.63, 3.8) is 0 Å². The van der Waals surface area contributed by atoms with Crippen molar-refractivity contribution in [3.05, 3.63) is 0 Å². The zero-order chi connectivity index (χ0) is 14.9. The lowest BCUT2D eigenvalue weighted by Gasteiger charge is -2.31. The molecule has 114 valence electrons. The summed E-state index contributed by atoms with van der Waals surface area (Å²) < 4.78 is 5.46. The second kappa shape index (κ2) is 9.39. The fourth-order valence-corrected chi connectivity index (χ4v) is 2.77. The maximum atomic E-state index is 12.1. The molecule has 0 N–H and O–H groups in total. The molecule has 0 aromatic heterocycles. The molecule has 0 saturated heterocycles. The molecule has 1 atom stereocenters. The van der Waals surface area contributed by atoms with Gasteiger partial charge in [-0.1, -0.05) is 73.6 Å². The van der Waals surface area contributed by atoms with E-state index >= 15 is 0 Å². The summed E-state index contributed by atoms with van der Waals surface area (Å²) in [4.78, 5) is 12.1. The molecule has 0 aromatic rings. The summed E-state index contributed by atoms with van der Waals surface area (Å²) in [5.74, 6) is 0.306. The van der Waals surface area contributed by atoms with E-state index in [4.69, 9.17) is 4.74 Å². The van der Waals surface area contributed by atoms with Crippen LogP contribution >= 0.6 is 0 Å². The number of esters is 1. The number of hydrogen-bond acceptors (Lipinski definition) is 2. The fraction of sp³-hybridized carbons (Fsp3) is 0.941. The topological polar surface area (TPSA) is 26.3 Å². The number of carbonyl (C=O) groups excluding carboxylic acids is 1. The Morgan fingerprint density at radius 2 is 1.53 bits per heavy atom. The third kappa shape index (κ3) is 8.28. The summed E-state index contributed by atoms with van der Waals surface area (Å²) in [6, 6.07) is 0. The molecule has 0 spiro atoms. The Bertz CT molecular complexity index is 238. The molecule has 1 unspecified atom stereocenters. The predicted octanol–water partition coefficient (Wildman–Crippen LogP) is 5.21. The first-order valence-corrected chi connectivity index (χ1v) is 7.97. The first kappa shape index (κ1) is 18.5. The fourth-order valence-electron chi connectivity index (χ4n) is 2.77. The van der Waals surface area contributed by atoms with Gasteiger partial charge >= 0.3 is 5.97 Å². The molecular weight excluding hydrogens is 236 g/mol. The molecule has 0 aromatic carbocycles. The van der Waals surface area contributed by atoms with Gasteiger partial charge in [0.2, 0.25) is 0 Å². The zero-order valence-corrected chi connectivity index (χ0v) is 13.9. The summed E-state index contributed by atoms with van der Waals surface area (Å²) in [7, 11) is 0. The number of ether oxygens (including phenoxy) is 1. The van der Waals surface area contributed by atoms with Crippen LogP contribution in [0.4, 0.5) is 0 Å². The van der Waals surface area contributed by atoms with E-state index in [0.29, 0.717) is 12.5 Å². The maximum Gasteiger partial charge on any atom is 0.309 e. The summed E-state index contributed by atoms with van der Waals surface area (Å²) in [5, 5.41) is 0. The van der Waals surface area contributed by atoms with Gasteiger partial charge in [-0.2, -0.15) is 0 Å². The molecule has 2 nitrogen and oxygen atoms in total. The molecule has 0 heterocycles. The van der Waals surface area contributed by atoms with Gasteiger partial charge in [0, 0.05) is 0 Å². The monoisotopic (exact) mass is 270 g/mol. The van der Waals surface area contributed by atoms with Crippen LogP contribution in [-0.4, -0.2) is 12.6 Å². The average molecular weight is 270 g/mol. The van der Waals surface area contributed by atoms with Crippen molar-refractivity contribution in [2.45, 2.75) is 80.1 Å². The van der Waals surface area contributed by atoms with Crippen LogP contribution in [0.3, 0.4) is 0 Å². The van der Waals surface area contributed by atoms with Gasteiger partial charge in [0.25, 0.3) is 0 Å². The number of unbranched alkanes of at least 4 members (excludes halogenated alkanes) is 5. The SMILES string of the molecule is CCCCCCCCOC(=O)C(C(C)C)C(C)(C)C. The normalized spacial score (nSPS) is 13.6. The molecule has 0 amide bonds. The van der Waals surface area contributed by atoms with Gasteiger partial charge < -0.3 is 4.74 Å². The Kier molecular flexibility index (Phi) is 9.12. The molecule has 0 fully saturated rings. The van der Waals surface area contributed by atoms with Gasteiger partial charge in [0.1, 0.15) is 0 Å². The number of hydrogen-bond donors (Lipinski definition) is 0. The summed E-state index contributed by atoms with van der Waals surface area (Å²) in [6.45, 7) is 13.4. The van der Waals surface area contributed by atoms with E-state index in [1.54, 1.807) is 0 Å². The lowest BCUT2D eigenvalue weighted by molar-refractivity contribution is -0.154. The summed E-state index contributed by atoms with van der Waals surface area (Å²) in [5.41, 5.74) is -0.0215. The molecule has 0 aliphatic carbocycles. The van der Waals surface area contributed by atoms with E-state index in [1.165, 1.54) is 32.1 Å². The van der Waals surface area contributed by atoms with Gasteiger partial charge in [-0.25, -0.2) is 0 Å². The first-order chi connectivity index (χ1) is 8.80. The van der Waals surface area contributed by atoms with Crippen LogP contribution in [0.2, 0.25) is 0 Å². The smallest absolute Gasteiger partial charge is 0.309 e. The highest BCUT2D eigenvalue weighted by Crippen LogP contribution is 2.33. The highest BCUT2D eigenvalue weighted by Gasteiger charge is 2.34. The van der Waals surface area contributed by atoms with Gasteiger partial charge in [-0.15, -0.1) is 0 Å². The highest BCUT2D eigenvalue weighted by molar-refractivity contribution is 5.73. The van der Waals surface area contributed by atoms with Crippen molar-refractivity contribution in [3.8, 4) is 0 Å². The van der Waals surface area contributed by atoms with Crippen molar-refractivity contribution < 1.29 is 9.53 Å². The van der Waals surface area contributed by atoms with Crippen LogP contribution in [0.5, 0.6) is 0 Å². The summed E-state index contributed by atoms with van der Waals surface area (Å²) >= 11 is 0. The standard InChI is InChI=1S/C17H34O2/c1-7-8-9-10-11-12-13-19-16(18)15(14(2)3)17(4,5)6/h14-15H,7-13H2,1-6H3. The molecule has 0 rings (SSSR count). The predicted molar refractivity (Wildman–Crippen MR) is 82.1 cm³/mol. The Balaban J connectivity index is 3.89. The van der Waals surface area contributed by atoms with E-state index in [2.05, 4.69) is 41.5 Å². The molecular formula is C17H34O2. The molecule has 0 saturated carbocycles. The zero-order valence-electron chi connectivity index (χ0n) is 13.9. The van der Waals surface area contributed by atoms with Crippen molar-refractivity contribution in [1.82, 2.24) is 0 Å². The minimum atomic E-state index is -0.0215. The largest absolute Gasteiger partial charge is 0.465 e. The molecule has 0 aliphatic heterocycles. The Morgan fingerprint density at radius 1 is 1.00 bits per heavy atom. The van der Waals surface area contributed by atoms with E-state index in [0.717, 1.165) is 6.42 Å². The van der Waals surface area contributed by atoms with Gasteiger partial charge in [-0.05, 0) is 17.8 Å². The first-order valence-electron chi connectivity index (χ1n) is 7.97. The molecule has 0 aliphatic rings. The lowest BCUT2D eigenvalue weighted by atomic mass is 9.74. The van der Waals surface area contributed by atoms with Crippen LogP contribution in [0.1, 0.15) is 80.1 Å². The summed E-state index contributed by atoms with van der Waals surface area (Å²) in [6.07, 6.45) is 7.34. The molecule has 0 bridgehead atoms. The lowest BCUT2D eigenvalue weighted by Crippen LogP contribution is -2.34. The van der Waals surface area contributed by atoms with Crippen LogP contribution in [0.15, 0.2) is 0 Å². The molecule has 19 heavy (non-hydrogen) atoms. The van der Waals surface area contributed by atoms with Gasteiger partial charge in [0.15, 0.2) is 0 Å². The van der Waals surface area contributed by atoms with Crippen molar-refractivity contribution >= 4 is 5.97 Å². The quantitative estimate of drug-likeness (QED) is 0.425. The van der Waals surface area contributed by atoms with E-state index < -0.39 is 0 Å². The Morgan fingerprint density at radius 3 is 2.00 bits per heavy atom. The van der Waals surface area contributed by atoms with Crippen LogP contribution < -0.4 is 0 Å². The molecule has 0 radical (unpaired) electrons. The molecule has 2 heteroatoms. The highest BCUT2D eigenvalue weighted by atomic mass is 16.5. The Labute approximate surface area is 120 Å². The minimum Gasteiger partial charge on any atom is -0.465 e. The van der Waals surface area contributed by atoms with Crippen LogP contribution in [-0.2, 0) is 9.53 Å². The van der Waals surface area contributed by atoms with Crippen molar-refractivity contribution in [2.75, 3.05) is 6.61 Å². The number of carbonyl (C=O) groups is 1. The third-order valence-corrected chi connectivity index (χ3v) is 3.60. The van der Waals surface area contributed by atoms with Crippen LogP contribution in [0, 0.1) is 17.3 Å².